The first kappa shape index (κ1) is 13.5. The average Bonchev–Trinajstić information content (AvgIpc) is 2.39. The van der Waals surface area contributed by atoms with E-state index in [2.05, 4.69) is 0 Å². The van der Waals surface area contributed by atoms with E-state index >= 15 is 0 Å². The van der Waals surface area contributed by atoms with Crippen LogP contribution >= 0.6 is 0 Å². The predicted octanol–water partition coefficient (Wildman–Crippen LogP) is 3.48. The quantitative estimate of drug-likeness (QED) is 0.892. The summed E-state index contributed by atoms with van der Waals surface area (Å²) in [4.78, 5) is 0. The van der Waals surface area contributed by atoms with Crippen LogP contribution in [0.25, 0.3) is 0 Å². The summed E-state index contributed by atoms with van der Waals surface area (Å²) < 4.78 is 18.9. The van der Waals surface area contributed by atoms with Gasteiger partial charge in [0.2, 0.25) is 0 Å². The fraction of sp³-hybridized carbons (Fsp3) is 0.600. The molecule has 0 bridgehead atoms. The van der Waals surface area contributed by atoms with Crippen LogP contribution in [0, 0.1) is 12.7 Å². The number of hydrogen-bond acceptors (Lipinski definition) is 2. The lowest BCUT2D eigenvalue weighted by Gasteiger charge is -2.41. The van der Waals surface area contributed by atoms with Gasteiger partial charge >= 0.3 is 0 Å². The Morgan fingerprint density at radius 3 is 2.50 bits per heavy atom. The normalized spacial score (nSPS) is 20.7. The summed E-state index contributed by atoms with van der Waals surface area (Å²) in [7, 11) is 1.74. The van der Waals surface area contributed by atoms with Gasteiger partial charge in [-0.3, -0.25) is 0 Å². The van der Waals surface area contributed by atoms with Crippen LogP contribution in [0.5, 0.6) is 0 Å². The summed E-state index contributed by atoms with van der Waals surface area (Å²) in [6.07, 6.45) is 5.53. The Labute approximate surface area is 108 Å². The van der Waals surface area contributed by atoms with Gasteiger partial charge in [0.15, 0.2) is 0 Å². The molecular weight excluding hydrogens is 229 g/mol. The van der Waals surface area contributed by atoms with Crippen molar-refractivity contribution < 1.29 is 9.13 Å². The van der Waals surface area contributed by atoms with Gasteiger partial charge in [-0.05, 0) is 43.0 Å². The van der Waals surface area contributed by atoms with Crippen LogP contribution in [0.15, 0.2) is 18.2 Å². The van der Waals surface area contributed by atoms with E-state index in [0.717, 1.165) is 36.8 Å². The second-order valence-corrected chi connectivity index (χ2v) is 5.31. The molecule has 0 heterocycles. The third-order valence-electron chi connectivity index (χ3n) is 4.24. The van der Waals surface area contributed by atoms with Crippen molar-refractivity contribution >= 4 is 0 Å². The Hall–Kier alpha value is -0.930. The van der Waals surface area contributed by atoms with Crippen molar-refractivity contribution in [2.75, 3.05) is 7.11 Å². The first-order valence-corrected chi connectivity index (χ1v) is 6.66. The van der Waals surface area contributed by atoms with Crippen LogP contribution in [0.4, 0.5) is 4.39 Å². The average molecular weight is 251 g/mol. The maximum Gasteiger partial charge on any atom is 0.123 e. The second-order valence-electron chi connectivity index (χ2n) is 5.31. The molecule has 1 atom stereocenters. The largest absolute Gasteiger partial charge is 0.376 e. The van der Waals surface area contributed by atoms with Crippen molar-refractivity contribution in [3.63, 3.8) is 0 Å². The Bertz CT molecular complexity index is 413. The van der Waals surface area contributed by atoms with E-state index in [4.69, 9.17) is 10.5 Å². The molecule has 1 aromatic carbocycles. The molecule has 18 heavy (non-hydrogen) atoms. The zero-order valence-electron chi connectivity index (χ0n) is 11.2. The van der Waals surface area contributed by atoms with Crippen LogP contribution in [-0.2, 0) is 4.74 Å². The molecule has 0 radical (unpaired) electrons. The molecule has 1 unspecified atom stereocenters. The molecule has 1 saturated carbocycles. The van der Waals surface area contributed by atoms with Gasteiger partial charge in [-0.15, -0.1) is 0 Å². The molecule has 0 aliphatic heterocycles. The monoisotopic (exact) mass is 251 g/mol. The third kappa shape index (κ3) is 2.43. The summed E-state index contributed by atoms with van der Waals surface area (Å²) in [6.45, 7) is 1.91. The molecule has 2 nitrogen and oxygen atoms in total. The Morgan fingerprint density at radius 2 is 1.94 bits per heavy atom. The minimum absolute atomic E-state index is 0.177. The van der Waals surface area contributed by atoms with Gasteiger partial charge in [-0.25, -0.2) is 4.39 Å². The molecule has 0 saturated heterocycles. The number of halogens is 1. The molecule has 3 heteroatoms. The fourth-order valence-electron chi connectivity index (χ4n) is 3.06. The van der Waals surface area contributed by atoms with Crippen molar-refractivity contribution in [3.05, 3.63) is 35.1 Å². The highest BCUT2D eigenvalue weighted by atomic mass is 19.1. The van der Waals surface area contributed by atoms with Crippen molar-refractivity contribution in [1.29, 1.82) is 0 Å². The number of hydrogen-bond donors (Lipinski definition) is 1. The Kier molecular flexibility index (Phi) is 4.03. The first-order valence-electron chi connectivity index (χ1n) is 6.66. The van der Waals surface area contributed by atoms with Gasteiger partial charge < -0.3 is 10.5 Å². The number of ether oxygens (including phenoxy) is 1. The van der Waals surface area contributed by atoms with Gasteiger partial charge in [-0.1, -0.05) is 25.3 Å². The van der Waals surface area contributed by atoms with Crippen molar-refractivity contribution in [1.82, 2.24) is 0 Å². The van der Waals surface area contributed by atoms with E-state index in [0.29, 0.717) is 0 Å². The van der Waals surface area contributed by atoms with Crippen molar-refractivity contribution in [3.8, 4) is 0 Å². The molecule has 0 spiro atoms. The van der Waals surface area contributed by atoms with E-state index < -0.39 is 0 Å². The lowest BCUT2D eigenvalue weighted by molar-refractivity contribution is -0.0596. The predicted molar refractivity (Wildman–Crippen MR) is 70.9 cm³/mol. The minimum atomic E-state index is -0.277. The molecule has 100 valence electrons. The standard InChI is InChI=1S/C15H22FNO/c1-11-10-12(16)6-7-13(11)14(17)15(18-2)8-4-3-5-9-15/h6-7,10,14H,3-5,8-9,17H2,1-2H3. The molecule has 1 aliphatic carbocycles. The molecule has 1 fully saturated rings. The molecule has 0 amide bonds. The molecule has 1 aliphatic rings. The highest BCUT2D eigenvalue weighted by Gasteiger charge is 2.39. The lowest BCUT2D eigenvalue weighted by atomic mass is 9.76. The molecule has 1 aromatic rings. The Balaban J connectivity index is 2.30. The summed E-state index contributed by atoms with van der Waals surface area (Å²) in [5, 5.41) is 0. The fourth-order valence-corrected chi connectivity index (χ4v) is 3.06. The smallest absolute Gasteiger partial charge is 0.123 e. The van der Waals surface area contributed by atoms with Gasteiger partial charge in [0.25, 0.3) is 0 Å². The molecule has 2 rings (SSSR count). The van der Waals surface area contributed by atoms with Gasteiger partial charge in [0.1, 0.15) is 5.82 Å². The summed E-state index contributed by atoms with van der Waals surface area (Å²) >= 11 is 0. The summed E-state index contributed by atoms with van der Waals surface area (Å²) in [6, 6.07) is 4.64. The van der Waals surface area contributed by atoms with Crippen LogP contribution in [0.2, 0.25) is 0 Å². The van der Waals surface area contributed by atoms with Crippen molar-refractivity contribution in [2.45, 2.75) is 50.7 Å². The van der Waals surface area contributed by atoms with Crippen LogP contribution in [-0.4, -0.2) is 12.7 Å². The maximum absolute atomic E-state index is 13.2. The van der Waals surface area contributed by atoms with Crippen LogP contribution in [0.3, 0.4) is 0 Å². The lowest BCUT2D eigenvalue weighted by Crippen LogP contribution is -2.44. The second kappa shape index (κ2) is 5.37. The van der Waals surface area contributed by atoms with E-state index in [-0.39, 0.29) is 17.5 Å². The Morgan fingerprint density at radius 1 is 1.28 bits per heavy atom. The number of methoxy groups -OCH3 is 1. The molecule has 0 aromatic heterocycles. The van der Waals surface area contributed by atoms with E-state index in [9.17, 15) is 4.39 Å². The SMILES string of the molecule is COC1(C(N)c2ccc(F)cc2C)CCCCC1. The van der Waals surface area contributed by atoms with Gasteiger partial charge in [0.05, 0.1) is 11.6 Å². The van der Waals surface area contributed by atoms with Crippen LogP contribution in [0.1, 0.15) is 49.3 Å². The van der Waals surface area contributed by atoms with Gasteiger partial charge in [0, 0.05) is 7.11 Å². The molecule has 2 N–H and O–H groups in total. The highest BCUT2D eigenvalue weighted by Crippen LogP contribution is 2.40. The van der Waals surface area contributed by atoms with Crippen molar-refractivity contribution in [2.24, 2.45) is 5.73 Å². The maximum atomic E-state index is 13.2. The van der Waals surface area contributed by atoms with Gasteiger partial charge in [-0.2, -0.15) is 0 Å². The van der Waals surface area contributed by atoms with Crippen LogP contribution < -0.4 is 5.73 Å². The molecular formula is C15H22FNO. The number of benzene rings is 1. The van der Waals surface area contributed by atoms with E-state index in [1.54, 1.807) is 19.2 Å². The van der Waals surface area contributed by atoms with E-state index in [1.807, 2.05) is 6.92 Å². The summed E-state index contributed by atoms with van der Waals surface area (Å²) in [5.41, 5.74) is 8.05. The zero-order valence-corrected chi connectivity index (χ0v) is 11.2. The number of rotatable bonds is 3. The third-order valence-corrected chi connectivity index (χ3v) is 4.24. The number of nitrogens with two attached hydrogens (primary N) is 1. The number of aryl methyl sites for hydroxylation is 1. The first-order chi connectivity index (χ1) is 8.59. The summed E-state index contributed by atoms with van der Waals surface area (Å²) in [5.74, 6) is -0.210. The topological polar surface area (TPSA) is 35.2 Å². The highest BCUT2D eigenvalue weighted by molar-refractivity contribution is 5.31. The minimum Gasteiger partial charge on any atom is -0.376 e. The van der Waals surface area contributed by atoms with E-state index in [1.165, 1.54) is 12.5 Å². The zero-order chi connectivity index (χ0) is 13.2.